The molecule has 6 nitrogen and oxygen atoms in total. The predicted octanol–water partition coefficient (Wildman–Crippen LogP) is 4.34. The Balaban J connectivity index is 1.93. The van der Waals surface area contributed by atoms with E-state index in [4.69, 9.17) is 9.72 Å². The number of carbonyl (C=O) groups excluding carboxylic acids is 2. The molecule has 4 rings (SSSR count). The number of carbonyl (C=O) groups is 2. The summed E-state index contributed by atoms with van der Waals surface area (Å²) in [6.45, 7) is 4.66. The summed E-state index contributed by atoms with van der Waals surface area (Å²) in [7, 11) is 0. The number of anilines is 1. The summed E-state index contributed by atoms with van der Waals surface area (Å²) in [6, 6.07) is 17.0. The van der Waals surface area contributed by atoms with Gasteiger partial charge in [0.1, 0.15) is 0 Å². The molecule has 6 heteroatoms. The molecule has 1 aliphatic rings. The molecule has 0 fully saturated rings. The largest absolute Gasteiger partial charge is 0.465 e. The molecule has 156 valence electrons. The quantitative estimate of drug-likeness (QED) is 0.333. The van der Waals surface area contributed by atoms with Gasteiger partial charge in [-0.25, -0.2) is 4.98 Å². The van der Waals surface area contributed by atoms with Gasteiger partial charge >= 0.3 is 5.97 Å². The van der Waals surface area contributed by atoms with Crippen LogP contribution in [0.4, 0.5) is 5.95 Å². The number of ether oxygens (including phenoxy) is 1. The van der Waals surface area contributed by atoms with Gasteiger partial charge in [0.2, 0.25) is 11.9 Å². The van der Waals surface area contributed by atoms with Crippen LogP contribution in [0.15, 0.2) is 54.6 Å². The second-order valence-corrected chi connectivity index (χ2v) is 7.55. The summed E-state index contributed by atoms with van der Waals surface area (Å²) in [5.74, 6) is -1.06. The van der Waals surface area contributed by atoms with E-state index in [1.807, 2.05) is 59.2 Å². The van der Waals surface area contributed by atoms with Crippen LogP contribution in [-0.4, -0.2) is 34.6 Å². The fourth-order valence-electron chi connectivity index (χ4n) is 4.23. The lowest BCUT2D eigenvalue weighted by Crippen LogP contribution is -2.50. The van der Waals surface area contributed by atoms with Crippen molar-refractivity contribution < 1.29 is 14.3 Å². The standard InChI is InChI=1S/C24H27N3O3/c1-3-5-11-16-26-22(28)20(23(29)30-4-2)21(17-12-7-6-8-13-17)27-19-15-10-9-14-18(19)25-24(26)27/h6-10,12-15,20-21H,3-5,11,16H2,1-2H3/t20-,21-/m1/s1. The van der Waals surface area contributed by atoms with Gasteiger partial charge in [-0.05, 0) is 31.0 Å². The van der Waals surface area contributed by atoms with E-state index in [-0.39, 0.29) is 12.5 Å². The van der Waals surface area contributed by atoms with Crippen LogP contribution in [0.1, 0.15) is 44.7 Å². The van der Waals surface area contributed by atoms with Crippen molar-refractivity contribution in [2.75, 3.05) is 18.1 Å². The van der Waals surface area contributed by atoms with Crippen LogP contribution in [0.25, 0.3) is 11.0 Å². The SMILES string of the molecule is CCCCCN1C(=O)[C@H](C(=O)OCC)[C@@H](c2ccccc2)n2c1nc1ccccc12. The molecule has 0 saturated heterocycles. The van der Waals surface area contributed by atoms with Gasteiger partial charge < -0.3 is 9.30 Å². The topological polar surface area (TPSA) is 64.4 Å². The predicted molar refractivity (Wildman–Crippen MR) is 116 cm³/mol. The number of imidazole rings is 1. The number of esters is 1. The van der Waals surface area contributed by atoms with E-state index < -0.39 is 17.9 Å². The van der Waals surface area contributed by atoms with Crippen molar-refractivity contribution in [3.8, 4) is 0 Å². The van der Waals surface area contributed by atoms with E-state index in [0.29, 0.717) is 12.5 Å². The minimum absolute atomic E-state index is 0.234. The highest BCUT2D eigenvalue weighted by Crippen LogP contribution is 2.41. The van der Waals surface area contributed by atoms with Gasteiger partial charge in [-0.3, -0.25) is 14.5 Å². The number of hydrogen-bond acceptors (Lipinski definition) is 4. The maximum absolute atomic E-state index is 13.6. The Hall–Kier alpha value is -3.15. The van der Waals surface area contributed by atoms with E-state index in [0.717, 1.165) is 35.9 Å². The summed E-state index contributed by atoms with van der Waals surface area (Å²) in [4.78, 5) is 33.1. The first-order valence-electron chi connectivity index (χ1n) is 10.7. The first-order chi connectivity index (χ1) is 14.7. The summed E-state index contributed by atoms with van der Waals surface area (Å²) in [5, 5.41) is 0. The highest BCUT2D eigenvalue weighted by atomic mass is 16.5. The lowest BCUT2D eigenvalue weighted by molar-refractivity contribution is -0.153. The number of aromatic nitrogens is 2. The molecule has 1 amide bonds. The van der Waals surface area contributed by atoms with Crippen molar-refractivity contribution in [3.05, 3.63) is 60.2 Å². The van der Waals surface area contributed by atoms with E-state index in [9.17, 15) is 9.59 Å². The maximum atomic E-state index is 13.6. The fraction of sp³-hybridized carbons (Fsp3) is 0.375. The number of hydrogen-bond donors (Lipinski definition) is 0. The van der Waals surface area contributed by atoms with Crippen LogP contribution in [0.3, 0.4) is 0 Å². The molecule has 0 saturated carbocycles. The van der Waals surface area contributed by atoms with Crippen LogP contribution in [0.2, 0.25) is 0 Å². The normalized spacial score (nSPS) is 18.5. The Morgan fingerprint density at radius 2 is 1.77 bits per heavy atom. The smallest absolute Gasteiger partial charge is 0.321 e. The maximum Gasteiger partial charge on any atom is 0.321 e. The van der Waals surface area contributed by atoms with Gasteiger partial charge in [0.25, 0.3) is 0 Å². The second kappa shape index (κ2) is 8.69. The van der Waals surface area contributed by atoms with Crippen molar-refractivity contribution in [1.82, 2.24) is 9.55 Å². The second-order valence-electron chi connectivity index (χ2n) is 7.55. The van der Waals surface area contributed by atoms with Gasteiger partial charge in [-0.1, -0.05) is 62.2 Å². The molecule has 0 unspecified atom stereocenters. The molecule has 0 radical (unpaired) electrons. The summed E-state index contributed by atoms with van der Waals surface area (Å²) in [6.07, 6.45) is 2.92. The van der Waals surface area contributed by atoms with Crippen molar-refractivity contribution >= 4 is 28.9 Å². The van der Waals surface area contributed by atoms with Gasteiger partial charge in [0.05, 0.1) is 23.7 Å². The Morgan fingerprint density at radius 1 is 1.03 bits per heavy atom. The third-order valence-corrected chi connectivity index (χ3v) is 5.61. The zero-order valence-corrected chi connectivity index (χ0v) is 17.5. The highest BCUT2D eigenvalue weighted by molar-refractivity contribution is 6.08. The molecule has 1 aliphatic heterocycles. The molecule has 30 heavy (non-hydrogen) atoms. The van der Waals surface area contributed by atoms with Gasteiger partial charge in [-0.15, -0.1) is 0 Å². The molecular weight excluding hydrogens is 378 g/mol. The Kier molecular flexibility index (Phi) is 5.84. The molecule has 2 aromatic carbocycles. The zero-order valence-electron chi connectivity index (χ0n) is 17.5. The minimum atomic E-state index is -0.945. The van der Waals surface area contributed by atoms with Gasteiger partial charge in [0, 0.05) is 6.54 Å². The highest BCUT2D eigenvalue weighted by Gasteiger charge is 2.47. The number of para-hydroxylation sites is 2. The Labute approximate surface area is 176 Å². The molecule has 0 aliphatic carbocycles. The lowest BCUT2D eigenvalue weighted by atomic mass is 9.89. The molecule has 3 aromatic rings. The number of benzene rings is 2. The number of nitrogens with zero attached hydrogens (tertiary/aromatic N) is 3. The average molecular weight is 405 g/mol. The number of fused-ring (bicyclic) bond motifs is 3. The first kappa shape index (κ1) is 20.1. The number of rotatable bonds is 7. The molecule has 2 heterocycles. The van der Waals surface area contributed by atoms with Crippen LogP contribution in [-0.2, 0) is 14.3 Å². The van der Waals surface area contributed by atoms with E-state index in [1.165, 1.54) is 0 Å². The average Bonchev–Trinajstić information content (AvgIpc) is 3.14. The summed E-state index contributed by atoms with van der Waals surface area (Å²) >= 11 is 0. The van der Waals surface area contributed by atoms with Crippen molar-refractivity contribution in [1.29, 1.82) is 0 Å². The molecular formula is C24H27N3O3. The van der Waals surface area contributed by atoms with Crippen LogP contribution in [0, 0.1) is 5.92 Å². The van der Waals surface area contributed by atoms with E-state index in [1.54, 1.807) is 11.8 Å². The number of unbranched alkanes of at least 4 members (excludes halogenated alkanes) is 2. The van der Waals surface area contributed by atoms with Crippen molar-refractivity contribution in [2.24, 2.45) is 5.92 Å². The van der Waals surface area contributed by atoms with Gasteiger partial charge in [-0.2, -0.15) is 0 Å². The Morgan fingerprint density at radius 3 is 2.50 bits per heavy atom. The lowest BCUT2D eigenvalue weighted by Gasteiger charge is -2.38. The minimum Gasteiger partial charge on any atom is -0.465 e. The monoisotopic (exact) mass is 405 g/mol. The van der Waals surface area contributed by atoms with E-state index in [2.05, 4.69) is 6.92 Å². The van der Waals surface area contributed by atoms with Crippen LogP contribution < -0.4 is 4.90 Å². The molecule has 0 N–H and O–H groups in total. The first-order valence-corrected chi connectivity index (χ1v) is 10.7. The zero-order chi connectivity index (χ0) is 21.1. The summed E-state index contributed by atoms with van der Waals surface area (Å²) < 4.78 is 7.40. The summed E-state index contributed by atoms with van der Waals surface area (Å²) in [5.41, 5.74) is 2.61. The fourth-order valence-corrected chi connectivity index (χ4v) is 4.23. The molecule has 1 aromatic heterocycles. The van der Waals surface area contributed by atoms with Crippen molar-refractivity contribution in [3.63, 3.8) is 0 Å². The van der Waals surface area contributed by atoms with Crippen molar-refractivity contribution in [2.45, 2.75) is 39.2 Å². The third-order valence-electron chi connectivity index (χ3n) is 5.61. The molecule has 0 bridgehead atoms. The molecule has 2 atom stereocenters. The van der Waals surface area contributed by atoms with E-state index >= 15 is 0 Å². The van der Waals surface area contributed by atoms with Crippen LogP contribution in [0.5, 0.6) is 0 Å². The Bertz CT molecular complexity index is 1040. The number of amides is 1. The third kappa shape index (κ3) is 3.47. The van der Waals surface area contributed by atoms with Gasteiger partial charge in [0.15, 0.2) is 5.92 Å². The van der Waals surface area contributed by atoms with Crippen LogP contribution >= 0.6 is 0 Å². The molecule has 0 spiro atoms.